The van der Waals surface area contributed by atoms with Crippen molar-refractivity contribution in [2.24, 2.45) is 0 Å². The predicted molar refractivity (Wildman–Crippen MR) is 54.4 cm³/mol. The van der Waals surface area contributed by atoms with Crippen molar-refractivity contribution in [1.82, 2.24) is 0 Å². The summed E-state index contributed by atoms with van der Waals surface area (Å²) in [7, 11) is -10.0. The molecule has 0 spiro atoms. The first-order chi connectivity index (χ1) is 6.21. The molecule has 0 aromatic rings. The van der Waals surface area contributed by atoms with E-state index in [1.54, 1.807) is 0 Å². The molecule has 0 aliphatic heterocycles. The van der Waals surface area contributed by atoms with Crippen molar-refractivity contribution < 1.29 is 34.6 Å². The molecule has 0 aliphatic carbocycles. The van der Waals surface area contributed by atoms with E-state index in [0.717, 1.165) is 0 Å². The summed E-state index contributed by atoms with van der Waals surface area (Å²) in [6.07, 6.45) is 0. The van der Waals surface area contributed by atoms with Crippen LogP contribution in [0.3, 0.4) is 0 Å². The molecular formula is C3H11NaO8S2Si. The fourth-order valence-electron chi connectivity index (χ4n) is 0.0702. The minimum Gasteiger partial charge on any atom is -0.262 e. The Bertz CT molecular complexity index is 327. The van der Waals surface area contributed by atoms with E-state index in [0.29, 0.717) is 0 Å². The summed E-state index contributed by atoms with van der Waals surface area (Å²) >= 11 is 1.45. The second kappa shape index (κ2) is 6.63. The Labute approximate surface area is 106 Å². The van der Waals surface area contributed by atoms with Crippen molar-refractivity contribution in [1.29, 1.82) is 0 Å². The van der Waals surface area contributed by atoms with Crippen LogP contribution in [0.15, 0.2) is 0 Å². The minimum atomic E-state index is -5.02. The van der Waals surface area contributed by atoms with Crippen LogP contribution in [0.2, 0.25) is 19.6 Å². The van der Waals surface area contributed by atoms with Crippen LogP contribution in [0.5, 0.6) is 0 Å². The van der Waals surface area contributed by atoms with E-state index in [9.17, 15) is 16.8 Å². The second-order valence-electron chi connectivity index (χ2n) is 3.99. The molecule has 12 heteroatoms. The third-order valence-corrected chi connectivity index (χ3v) is 0.766. The van der Waals surface area contributed by atoms with Crippen LogP contribution in [0, 0.1) is 0 Å². The maximum absolute atomic E-state index is 9.51. The van der Waals surface area contributed by atoms with Gasteiger partial charge in [-0.05, 0) is 0 Å². The van der Waals surface area contributed by atoms with Crippen LogP contribution in [-0.4, -0.2) is 57.6 Å². The molecule has 0 aromatic carbocycles. The Morgan fingerprint density at radius 1 is 0.933 bits per heavy atom. The van der Waals surface area contributed by atoms with Crippen molar-refractivity contribution in [3.05, 3.63) is 0 Å². The predicted octanol–water partition coefficient (Wildman–Crippen LogP) is -0.470. The van der Waals surface area contributed by atoms with Crippen LogP contribution >= 0.6 is 0 Å². The maximum Gasteiger partial charge on any atom is 0.425 e. The molecule has 0 aromatic heterocycles. The number of hydrogen-bond donors (Lipinski definition) is 2. The van der Waals surface area contributed by atoms with Gasteiger partial charge in [0, 0.05) is 0 Å². The summed E-state index contributed by atoms with van der Waals surface area (Å²) in [6, 6.07) is 0. The van der Waals surface area contributed by atoms with Crippen molar-refractivity contribution in [2.45, 2.75) is 19.6 Å². The monoisotopic (exact) mass is 290 g/mol. The van der Waals surface area contributed by atoms with Crippen LogP contribution in [0.25, 0.3) is 0 Å². The van der Waals surface area contributed by atoms with Crippen molar-refractivity contribution in [3.63, 3.8) is 0 Å². The van der Waals surface area contributed by atoms with Crippen LogP contribution in [0.4, 0.5) is 0 Å². The first-order valence-corrected chi connectivity index (χ1v) is 13.3. The number of hydrogen-bond acceptors (Lipinski definition) is 6. The Morgan fingerprint density at radius 2 is 1.07 bits per heavy atom. The van der Waals surface area contributed by atoms with Gasteiger partial charge in [0.05, 0.1) is 0 Å². The Kier molecular flexibility index (Phi) is 8.10. The molecule has 15 heavy (non-hydrogen) atoms. The van der Waals surface area contributed by atoms with Gasteiger partial charge in [-0.15, -0.1) is 0 Å². The molecule has 0 heterocycles. The zero-order chi connectivity index (χ0) is 12.9. The third-order valence-electron chi connectivity index (χ3n) is 0.200. The van der Waals surface area contributed by atoms with Crippen molar-refractivity contribution in [2.75, 3.05) is 0 Å². The van der Waals surface area contributed by atoms with Gasteiger partial charge >= 0.3 is 72.1 Å². The van der Waals surface area contributed by atoms with Gasteiger partial charge in [-0.1, -0.05) is 8.67 Å². The average molecular weight is 290 g/mol. The van der Waals surface area contributed by atoms with Crippen LogP contribution in [-0.2, 0) is 29.5 Å². The maximum atomic E-state index is 9.51. The standard InChI is InChI=1S/C3H9Si.Na.H2O8S2/c1-4(2)3;;1-9(2,3)7-8-10(4,5)6/h1-3H3;;(H,1,2,3)(H,4,5,6). The molecule has 8 nitrogen and oxygen atoms in total. The minimum absolute atomic E-state index is 0.472. The largest absolute Gasteiger partial charge is 0.425 e. The van der Waals surface area contributed by atoms with E-state index in [-0.39, 0.29) is 0 Å². The second-order valence-corrected chi connectivity index (χ2v) is 21.0. The van der Waals surface area contributed by atoms with Gasteiger partial charge in [0.15, 0.2) is 0 Å². The summed E-state index contributed by atoms with van der Waals surface area (Å²) in [5, 5.41) is 0. The molecule has 0 atom stereocenters. The van der Waals surface area contributed by atoms with E-state index >= 15 is 0 Å². The zero-order valence-electron chi connectivity index (χ0n) is 8.66. The Morgan fingerprint density at radius 3 is 1.13 bits per heavy atom. The van der Waals surface area contributed by atoms with Gasteiger partial charge in [0.25, 0.3) is 0 Å². The summed E-state index contributed by atoms with van der Waals surface area (Å²) < 4.78 is 58.4. The van der Waals surface area contributed by atoms with Crippen LogP contribution in [0.1, 0.15) is 0 Å². The average Bonchev–Trinajstić information content (AvgIpc) is 1.76. The molecule has 0 saturated carbocycles. The summed E-state index contributed by atoms with van der Waals surface area (Å²) in [4.78, 5) is 0. The first kappa shape index (κ1) is 18.3. The molecule has 0 unspecified atom stereocenters. The van der Waals surface area contributed by atoms with Gasteiger partial charge < -0.3 is 0 Å². The van der Waals surface area contributed by atoms with Gasteiger partial charge in [-0.2, -0.15) is 16.8 Å². The number of rotatable bonds is 3. The smallest absolute Gasteiger partial charge is 0.262 e. The van der Waals surface area contributed by atoms with E-state index < -0.39 is 25.4 Å². The Hall–Kier alpha value is 0.957. The molecule has 0 radical (unpaired) electrons. The van der Waals surface area contributed by atoms with E-state index in [1.165, 1.54) is 27.0 Å². The molecule has 0 rings (SSSR count). The quantitative estimate of drug-likeness (QED) is 0.309. The molecular weight excluding hydrogens is 279 g/mol. The molecule has 0 bridgehead atoms. The SMILES string of the molecule is C[Si](C)(C)[Na].O=S(=O)(O)OOS(=O)(=O)O. The Balaban J connectivity index is 0. The molecule has 0 amide bonds. The van der Waals surface area contributed by atoms with E-state index in [2.05, 4.69) is 28.3 Å². The topological polar surface area (TPSA) is 127 Å². The van der Waals surface area contributed by atoms with Crippen LogP contribution < -0.4 is 0 Å². The summed E-state index contributed by atoms with van der Waals surface area (Å²) in [6.45, 7) is 7.16. The fourth-order valence-corrected chi connectivity index (χ4v) is 0.632. The molecule has 2 N–H and O–H groups in total. The molecule has 88 valence electrons. The third kappa shape index (κ3) is 39.7. The molecule has 0 aliphatic rings. The zero-order valence-corrected chi connectivity index (χ0v) is 13.3. The van der Waals surface area contributed by atoms with Crippen molar-refractivity contribution in [3.8, 4) is 0 Å². The van der Waals surface area contributed by atoms with Gasteiger partial charge in [0.1, 0.15) is 0 Å². The van der Waals surface area contributed by atoms with Gasteiger partial charge in [-0.25, -0.2) is 0 Å². The first-order valence-electron chi connectivity index (χ1n) is 3.53. The van der Waals surface area contributed by atoms with Crippen molar-refractivity contribution >= 4 is 52.5 Å². The van der Waals surface area contributed by atoms with E-state index in [1.807, 2.05) is 0 Å². The summed E-state index contributed by atoms with van der Waals surface area (Å²) in [5.41, 5.74) is 0. The molecule has 0 saturated heterocycles. The normalized spacial score (nSPS) is 13.0. The van der Waals surface area contributed by atoms with Gasteiger partial charge in [0.2, 0.25) is 0 Å². The fraction of sp³-hybridized carbons (Fsp3) is 1.00. The molecule has 0 fully saturated rings. The van der Waals surface area contributed by atoms with E-state index in [4.69, 9.17) is 9.11 Å². The summed E-state index contributed by atoms with van der Waals surface area (Å²) in [5.74, 6) is 0. The van der Waals surface area contributed by atoms with Gasteiger partial charge in [-0.3, -0.25) is 9.11 Å².